The van der Waals surface area contributed by atoms with Crippen LogP contribution in [0.4, 0.5) is 5.13 Å². The number of carbonyl (C=O) groups is 4. The molecule has 2 amide bonds. The summed E-state index contributed by atoms with van der Waals surface area (Å²) in [6, 6.07) is 18.4. The maximum Gasteiger partial charge on any atom is 0.350 e. The number of hydrogen-bond acceptors (Lipinski definition) is 13. The van der Waals surface area contributed by atoms with E-state index in [0.29, 0.717) is 5.75 Å². The molecular weight excluding hydrogens is 689 g/mol. The van der Waals surface area contributed by atoms with Crippen LogP contribution in [0.5, 0.6) is 0 Å². The van der Waals surface area contributed by atoms with Crippen LogP contribution in [0.15, 0.2) is 65.8 Å². The lowest BCUT2D eigenvalue weighted by molar-refractivity contribution is -0.167. The Morgan fingerprint density at radius 2 is 1.76 bits per heavy atom. The fourth-order valence-corrected chi connectivity index (χ4v) is 9.52. The van der Waals surface area contributed by atoms with Gasteiger partial charge in [-0.05, 0) is 44.6 Å². The number of β-lactam (4-membered cyclic amide) rings is 1. The molecule has 0 saturated carbocycles. The van der Waals surface area contributed by atoms with E-state index in [9.17, 15) is 24.3 Å². The summed E-state index contributed by atoms with van der Waals surface area (Å²) in [4.78, 5) is 64.0. The zero-order valence-electron chi connectivity index (χ0n) is 27.6. The normalized spacial score (nSPS) is 22.9. The summed E-state index contributed by atoms with van der Waals surface area (Å²) in [5.41, 5.74) is 6.49. The fourth-order valence-electron chi connectivity index (χ4n) is 5.71. The number of nitrogens with one attached hydrogen (secondary N) is 1. The number of oxime groups is 1. The number of nitrogens with zero attached hydrogens (tertiary/aromatic N) is 4. The second-order valence-electron chi connectivity index (χ2n) is 12.5. The van der Waals surface area contributed by atoms with Gasteiger partial charge in [0.2, 0.25) is 23.5 Å². The minimum atomic E-state index is -1.35. The molecule has 5 rings (SSSR count). The van der Waals surface area contributed by atoms with Gasteiger partial charge in [0.1, 0.15) is 21.8 Å². The van der Waals surface area contributed by atoms with E-state index in [1.54, 1.807) is 20.8 Å². The Balaban J connectivity index is 1.46. The number of anilines is 1. The zero-order valence-corrected chi connectivity index (χ0v) is 30.0. The number of nitrogens with two attached hydrogens (primary N) is 1. The number of carboxylic acid groups (broad SMARTS) is 1. The lowest BCUT2D eigenvalue weighted by Gasteiger charge is -2.57. The first kappa shape index (κ1) is 36.1. The predicted molar refractivity (Wildman–Crippen MR) is 189 cm³/mol. The van der Waals surface area contributed by atoms with Crippen molar-refractivity contribution >= 4 is 69.7 Å². The van der Waals surface area contributed by atoms with Crippen molar-refractivity contribution in [3.8, 4) is 0 Å². The molecule has 4 N–H and O–H groups in total. The maximum atomic E-state index is 13.8. The van der Waals surface area contributed by atoms with E-state index >= 15 is 0 Å². The molecule has 49 heavy (non-hydrogen) atoms. The molecule has 1 aromatic heterocycles. The van der Waals surface area contributed by atoms with Crippen LogP contribution in [0.25, 0.3) is 0 Å². The van der Waals surface area contributed by atoms with E-state index in [0.717, 1.165) is 22.7 Å². The monoisotopic (exact) mass is 726 g/mol. The number of ether oxygens (including phenoxy) is 1. The van der Waals surface area contributed by atoms with Crippen molar-refractivity contribution in [3.63, 3.8) is 0 Å². The standard InChI is InChI=1S/C33H38N6O7S3/c1-6-47-33(30(43)44)17-39-27(41)23(28(39)48-24(33)21(19-13-9-7-10-14-19)20-15-11-8-12-16-20)35-26(40)22(25-36-31(34)49-38-25)37-46-18(2)29(42)45-32(3,4)5/h7-16,18,21,23-24,28H,6,17H2,1-5H3,(H,35,40)(H,43,44)(H2,34,36,38)/t18?,23?,24?,28-,33?/m1/s1. The topological polar surface area (TPSA) is 186 Å². The van der Waals surface area contributed by atoms with Crippen LogP contribution in [0, 0.1) is 0 Å². The van der Waals surface area contributed by atoms with E-state index in [2.05, 4.69) is 19.8 Å². The second kappa shape index (κ2) is 14.8. The number of rotatable bonds is 12. The number of nitrogen functional groups attached to an aromatic ring is 1. The highest BCUT2D eigenvalue weighted by Gasteiger charge is 2.63. The molecule has 2 aliphatic rings. The lowest BCUT2D eigenvalue weighted by Crippen LogP contribution is -2.76. The number of fused-ring (bicyclic) bond motifs is 1. The summed E-state index contributed by atoms with van der Waals surface area (Å²) >= 11 is 3.50. The number of thioether (sulfide) groups is 2. The molecule has 2 aromatic carbocycles. The third kappa shape index (κ3) is 7.70. The third-order valence-electron chi connectivity index (χ3n) is 7.87. The number of amides is 2. The highest BCUT2D eigenvalue weighted by Crippen LogP contribution is 2.54. The highest BCUT2D eigenvalue weighted by molar-refractivity contribution is 8.05. The molecule has 3 aromatic rings. The molecule has 13 nitrogen and oxygen atoms in total. The average Bonchev–Trinajstić information content (AvgIpc) is 3.50. The zero-order chi connectivity index (χ0) is 35.5. The minimum Gasteiger partial charge on any atom is -0.480 e. The number of hydrogen-bond donors (Lipinski definition) is 3. The molecule has 3 heterocycles. The average molecular weight is 727 g/mol. The molecule has 0 spiro atoms. The van der Waals surface area contributed by atoms with E-state index in [-0.39, 0.29) is 29.1 Å². The van der Waals surface area contributed by atoms with Crippen LogP contribution in [0.2, 0.25) is 0 Å². The van der Waals surface area contributed by atoms with Crippen molar-refractivity contribution in [3.05, 3.63) is 77.6 Å². The summed E-state index contributed by atoms with van der Waals surface area (Å²) in [5.74, 6) is -2.95. The summed E-state index contributed by atoms with van der Waals surface area (Å²) in [7, 11) is 0. The summed E-state index contributed by atoms with van der Waals surface area (Å²) in [6.07, 6.45) is -1.18. The number of esters is 1. The van der Waals surface area contributed by atoms with Gasteiger partial charge in [-0.2, -0.15) is 9.36 Å². The summed E-state index contributed by atoms with van der Waals surface area (Å²) in [5, 5.41) is 16.4. The molecule has 0 radical (unpaired) electrons. The molecule has 2 saturated heterocycles. The molecule has 4 unspecified atom stereocenters. The first-order chi connectivity index (χ1) is 23.3. The van der Waals surface area contributed by atoms with E-state index in [1.165, 1.54) is 35.3 Å². The summed E-state index contributed by atoms with van der Waals surface area (Å²) < 4.78 is 8.06. The van der Waals surface area contributed by atoms with Crippen molar-refractivity contribution in [1.29, 1.82) is 0 Å². The minimum absolute atomic E-state index is 0.0494. The predicted octanol–water partition coefficient (Wildman–Crippen LogP) is 3.75. The first-order valence-corrected chi connectivity index (χ1v) is 18.3. The number of benzene rings is 2. The van der Waals surface area contributed by atoms with Gasteiger partial charge in [-0.3, -0.25) is 14.4 Å². The smallest absolute Gasteiger partial charge is 0.350 e. The van der Waals surface area contributed by atoms with Crippen LogP contribution < -0.4 is 11.1 Å². The van der Waals surface area contributed by atoms with Gasteiger partial charge in [0.25, 0.3) is 5.91 Å². The quantitative estimate of drug-likeness (QED) is 0.106. The number of carbonyl (C=O) groups excluding carboxylic acids is 3. The Labute approximate surface area is 296 Å². The van der Waals surface area contributed by atoms with E-state index < -0.39 is 56.9 Å². The van der Waals surface area contributed by atoms with Crippen molar-refractivity contribution in [2.75, 3.05) is 18.0 Å². The van der Waals surface area contributed by atoms with Crippen LogP contribution >= 0.6 is 35.1 Å². The Morgan fingerprint density at radius 1 is 1.14 bits per heavy atom. The molecule has 0 bridgehead atoms. The van der Waals surface area contributed by atoms with Gasteiger partial charge in [0, 0.05) is 29.2 Å². The van der Waals surface area contributed by atoms with E-state index in [4.69, 9.17) is 15.3 Å². The van der Waals surface area contributed by atoms with Crippen molar-refractivity contribution in [2.45, 2.75) is 73.7 Å². The lowest BCUT2D eigenvalue weighted by atomic mass is 9.81. The largest absolute Gasteiger partial charge is 0.480 e. The van der Waals surface area contributed by atoms with Gasteiger partial charge < -0.3 is 30.6 Å². The number of carboxylic acids is 1. The van der Waals surface area contributed by atoms with Gasteiger partial charge in [-0.15, -0.1) is 23.5 Å². The molecular formula is C33H38N6O7S3. The molecule has 2 fully saturated rings. The Hall–Kier alpha value is -4.15. The van der Waals surface area contributed by atoms with E-state index in [1.807, 2.05) is 67.6 Å². The SMILES string of the molecule is CCSC1(C(=O)O)CN2C(=O)C(NC(=O)C(=NOC(C)C(=O)OC(C)(C)C)c3nsc(N)n3)[C@H]2SC1C(c1ccccc1)c1ccccc1. The number of aromatic nitrogens is 2. The molecule has 0 aliphatic carbocycles. The molecule has 2 aliphatic heterocycles. The van der Waals surface area contributed by atoms with Crippen molar-refractivity contribution < 1.29 is 33.9 Å². The Kier molecular flexibility index (Phi) is 10.9. The molecule has 5 atom stereocenters. The van der Waals surface area contributed by atoms with Crippen molar-refractivity contribution in [2.24, 2.45) is 5.16 Å². The van der Waals surface area contributed by atoms with Crippen molar-refractivity contribution in [1.82, 2.24) is 19.6 Å². The van der Waals surface area contributed by atoms with Gasteiger partial charge in [0.05, 0.1) is 0 Å². The van der Waals surface area contributed by atoms with Gasteiger partial charge in [0.15, 0.2) is 5.13 Å². The molecule has 260 valence electrons. The van der Waals surface area contributed by atoms with Crippen LogP contribution in [-0.4, -0.2) is 94.2 Å². The Bertz CT molecular complexity index is 1680. The summed E-state index contributed by atoms with van der Waals surface area (Å²) in [6.45, 7) is 8.39. The van der Waals surface area contributed by atoms with Gasteiger partial charge in [-0.25, -0.2) is 4.79 Å². The first-order valence-electron chi connectivity index (χ1n) is 15.6. The maximum absolute atomic E-state index is 13.8. The van der Waals surface area contributed by atoms with Crippen LogP contribution in [0.1, 0.15) is 57.5 Å². The Morgan fingerprint density at radius 3 is 2.27 bits per heavy atom. The van der Waals surface area contributed by atoms with Crippen LogP contribution in [-0.2, 0) is 28.8 Å². The third-order valence-corrected chi connectivity index (χ3v) is 11.7. The van der Waals surface area contributed by atoms with Gasteiger partial charge >= 0.3 is 11.9 Å². The fraction of sp³-hybridized carbons (Fsp3) is 0.424. The molecule has 16 heteroatoms. The second-order valence-corrected chi connectivity index (χ2v) is 16.1. The number of aliphatic carboxylic acids is 1. The van der Waals surface area contributed by atoms with Gasteiger partial charge in [-0.1, -0.05) is 72.7 Å². The van der Waals surface area contributed by atoms with Crippen LogP contribution in [0.3, 0.4) is 0 Å². The highest BCUT2D eigenvalue weighted by atomic mass is 32.2.